The SMILES string of the molecule is CC(C)C(NC(=O)C(CC(=O)O)NC(=O)C(CO)NC(=O)C(N)CCC(=O)O)C(=O)O. The lowest BCUT2D eigenvalue weighted by atomic mass is 10.0. The largest absolute Gasteiger partial charge is 0.481 e. The summed E-state index contributed by atoms with van der Waals surface area (Å²) in [5, 5.41) is 42.3. The molecule has 176 valence electrons. The van der Waals surface area contributed by atoms with Gasteiger partial charge < -0.3 is 42.1 Å². The molecule has 3 amide bonds. The van der Waals surface area contributed by atoms with E-state index in [-0.39, 0.29) is 6.42 Å². The Bertz CT molecular complexity index is 696. The van der Waals surface area contributed by atoms with Gasteiger partial charge in [-0.1, -0.05) is 13.8 Å². The van der Waals surface area contributed by atoms with Gasteiger partial charge in [-0.2, -0.15) is 0 Å². The Kier molecular flexibility index (Phi) is 11.7. The van der Waals surface area contributed by atoms with E-state index >= 15 is 0 Å². The maximum absolute atomic E-state index is 12.3. The first-order valence-corrected chi connectivity index (χ1v) is 9.24. The molecule has 0 heterocycles. The van der Waals surface area contributed by atoms with Crippen LogP contribution < -0.4 is 21.7 Å². The smallest absolute Gasteiger partial charge is 0.326 e. The molecule has 4 unspecified atom stereocenters. The van der Waals surface area contributed by atoms with Crippen LogP contribution in [-0.2, 0) is 28.8 Å². The summed E-state index contributed by atoms with van der Waals surface area (Å²) in [6.45, 7) is 2.08. The molecule has 0 rings (SSSR count). The number of aliphatic carboxylic acids is 3. The monoisotopic (exact) mass is 448 g/mol. The highest BCUT2D eigenvalue weighted by molar-refractivity contribution is 5.95. The number of nitrogens with two attached hydrogens (primary N) is 1. The molecule has 0 spiro atoms. The number of carboxylic acids is 3. The van der Waals surface area contributed by atoms with Gasteiger partial charge in [0.15, 0.2) is 0 Å². The number of carbonyl (C=O) groups is 6. The van der Waals surface area contributed by atoms with Crippen molar-refractivity contribution in [3.05, 3.63) is 0 Å². The molecule has 14 nitrogen and oxygen atoms in total. The first-order valence-electron chi connectivity index (χ1n) is 9.24. The van der Waals surface area contributed by atoms with Crippen LogP contribution in [0.3, 0.4) is 0 Å². The van der Waals surface area contributed by atoms with Gasteiger partial charge in [-0.25, -0.2) is 4.79 Å². The molecule has 0 saturated heterocycles. The summed E-state index contributed by atoms with van der Waals surface area (Å²) < 4.78 is 0. The third-order valence-electron chi connectivity index (χ3n) is 4.06. The molecule has 0 aromatic carbocycles. The number of amides is 3. The number of aliphatic hydroxyl groups is 1. The third kappa shape index (κ3) is 10.4. The molecule has 9 N–H and O–H groups in total. The van der Waals surface area contributed by atoms with Gasteiger partial charge in [-0.05, 0) is 12.3 Å². The molecule has 0 aliphatic rings. The predicted octanol–water partition coefficient (Wildman–Crippen LogP) is -3.16. The zero-order chi connectivity index (χ0) is 24.3. The number of hydrogen-bond acceptors (Lipinski definition) is 8. The lowest BCUT2D eigenvalue weighted by molar-refractivity contribution is -0.144. The fraction of sp³-hybridized carbons (Fsp3) is 0.647. The van der Waals surface area contributed by atoms with Crippen molar-refractivity contribution in [1.82, 2.24) is 16.0 Å². The number of hydrogen-bond donors (Lipinski definition) is 8. The van der Waals surface area contributed by atoms with Crippen molar-refractivity contribution in [1.29, 1.82) is 0 Å². The van der Waals surface area contributed by atoms with Gasteiger partial charge in [0.2, 0.25) is 17.7 Å². The summed E-state index contributed by atoms with van der Waals surface area (Å²) in [5.74, 6) is -7.72. The summed E-state index contributed by atoms with van der Waals surface area (Å²) >= 11 is 0. The zero-order valence-electron chi connectivity index (χ0n) is 17.0. The lowest BCUT2D eigenvalue weighted by Gasteiger charge is -2.24. The fourth-order valence-corrected chi connectivity index (χ4v) is 2.31. The molecule has 0 saturated carbocycles. The van der Waals surface area contributed by atoms with E-state index in [0.29, 0.717) is 0 Å². The molecule has 0 aliphatic heterocycles. The normalized spacial score (nSPS) is 14.6. The van der Waals surface area contributed by atoms with Crippen molar-refractivity contribution in [3.8, 4) is 0 Å². The van der Waals surface area contributed by atoms with E-state index in [1.807, 2.05) is 5.32 Å². The maximum atomic E-state index is 12.3. The van der Waals surface area contributed by atoms with Gasteiger partial charge in [-0.3, -0.25) is 24.0 Å². The average molecular weight is 448 g/mol. The molecule has 0 aromatic heterocycles. The molecule has 4 atom stereocenters. The minimum absolute atomic E-state index is 0.239. The number of nitrogens with one attached hydrogen (secondary N) is 3. The van der Waals surface area contributed by atoms with Crippen LogP contribution >= 0.6 is 0 Å². The van der Waals surface area contributed by atoms with Gasteiger partial charge in [0, 0.05) is 6.42 Å². The van der Waals surface area contributed by atoms with Crippen LogP contribution in [0.2, 0.25) is 0 Å². The van der Waals surface area contributed by atoms with Crippen LogP contribution in [0.5, 0.6) is 0 Å². The molecule has 0 aromatic rings. The second-order valence-corrected chi connectivity index (χ2v) is 7.01. The molecule has 0 radical (unpaired) electrons. The summed E-state index contributed by atoms with van der Waals surface area (Å²) in [5.41, 5.74) is 5.51. The Labute approximate surface area is 177 Å². The van der Waals surface area contributed by atoms with Crippen LogP contribution in [0.25, 0.3) is 0 Å². The Hall–Kier alpha value is -3.26. The number of carbonyl (C=O) groups excluding carboxylic acids is 3. The summed E-state index contributed by atoms with van der Waals surface area (Å²) in [4.78, 5) is 69.5. The van der Waals surface area contributed by atoms with Gasteiger partial charge in [0.1, 0.15) is 18.1 Å². The van der Waals surface area contributed by atoms with Crippen molar-refractivity contribution in [3.63, 3.8) is 0 Å². The summed E-state index contributed by atoms with van der Waals surface area (Å²) in [6, 6.07) is -5.95. The minimum atomic E-state index is -1.70. The van der Waals surface area contributed by atoms with Crippen molar-refractivity contribution in [2.45, 2.75) is 57.3 Å². The van der Waals surface area contributed by atoms with E-state index < -0.39 is 85.2 Å². The van der Waals surface area contributed by atoms with Crippen LogP contribution in [0, 0.1) is 5.92 Å². The second-order valence-electron chi connectivity index (χ2n) is 7.01. The highest BCUT2D eigenvalue weighted by Gasteiger charge is 2.32. The first-order chi connectivity index (χ1) is 14.3. The van der Waals surface area contributed by atoms with Crippen molar-refractivity contribution >= 4 is 35.6 Å². The zero-order valence-corrected chi connectivity index (χ0v) is 17.0. The molecular weight excluding hydrogens is 420 g/mol. The summed E-state index contributed by atoms with van der Waals surface area (Å²) in [6.07, 6.45) is -1.55. The number of carboxylic acid groups (broad SMARTS) is 3. The Balaban J connectivity index is 5.23. The van der Waals surface area contributed by atoms with Gasteiger partial charge in [-0.15, -0.1) is 0 Å². The quantitative estimate of drug-likeness (QED) is 0.132. The highest BCUT2D eigenvalue weighted by atomic mass is 16.4. The van der Waals surface area contributed by atoms with Crippen LogP contribution in [0.4, 0.5) is 0 Å². The van der Waals surface area contributed by atoms with Crippen molar-refractivity contribution in [2.24, 2.45) is 11.7 Å². The van der Waals surface area contributed by atoms with E-state index in [1.54, 1.807) is 0 Å². The Morgan fingerprint density at radius 1 is 0.806 bits per heavy atom. The van der Waals surface area contributed by atoms with Crippen molar-refractivity contribution < 1.29 is 49.2 Å². The number of aliphatic hydroxyl groups excluding tert-OH is 1. The highest BCUT2D eigenvalue weighted by Crippen LogP contribution is 2.04. The fourth-order valence-electron chi connectivity index (χ4n) is 2.31. The van der Waals surface area contributed by atoms with E-state index in [2.05, 4.69) is 10.6 Å². The molecule has 0 aliphatic carbocycles. The van der Waals surface area contributed by atoms with Gasteiger partial charge in [0.25, 0.3) is 0 Å². The lowest BCUT2D eigenvalue weighted by Crippen LogP contribution is -2.58. The van der Waals surface area contributed by atoms with E-state index in [4.69, 9.17) is 21.1 Å². The van der Waals surface area contributed by atoms with E-state index in [0.717, 1.165) is 0 Å². The van der Waals surface area contributed by atoms with E-state index in [1.165, 1.54) is 13.8 Å². The molecule has 0 bridgehead atoms. The van der Waals surface area contributed by atoms with Crippen LogP contribution in [0.15, 0.2) is 0 Å². The topological polar surface area (TPSA) is 245 Å². The van der Waals surface area contributed by atoms with Gasteiger partial charge in [0.05, 0.1) is 19.1 Å². The molecular formula is C17H28N4O10. The van der Waals surface area contributed by atoms with Crippen molar-refractivity contribution in [2.75, 3.05) is 6.61 Å². The molecule has 0 fully saturated rings. The third-order valence-corrected chi connectivity index (χ3v) is 4.06. The average Bonchev–Trinajstić information content (AvgIpc) is 2.66. The molecule has 31 heavy (non-hydrogen) atoms. The first kappa shape index (κ1) is 27.7. The predicted molar refractivity (Wildman–Crippen MR) is 102 cm³/mol. The van der Waals surface area contributed by atoms with Gasteiger partial charge >= 0.3 is 17.9 Å². The Morgan fingerprint density at radius 3 is 1.74 bits per heavy atom. The second kappa shape index (κ2) is 13.1. The Morgan fingerprint density at radius 2 is 1.32 bits per heavy atom. The number of rotatable bonds is 14. The maximum Gasteiger partial charge on any atom is 0.326 e. The van der Waals surface area contributed by atoms with Crippen LogP contribution in [-0.4, -0.2) is 86.8 Å². The minimum Gasteiger partial charge on any atom is -0.481 e. The molecule has 14 heteroatoms. The van der Waals surface area contributed by atoms with E-state index in [9.17, 15) is 33.9 Å². The van der Waals surface area contributed by atoms with Crippen LogP contribution in [0.1, 0.15) is 33.1 Å². The summed E-state index contributed by atoms with van der Waals surface area (Å²) in [7, 11) is 0. The standard InChI is InChI=1S/C17H28N4O10/c1-7(2)13(17(30)31)21-15(28)9(5-12(25)26)19-16(29)10(6-22)20-14(27)8(18)3-4-11(23)24/h7-10,13,22H,3-6,18H2,1-2H3,(H,19,29)(H,20,27)(H,21,28)(H,23,24)(H,25,26)(H,30,31).